The van der Waals surface area contributed by atoms with E-state index in [4.69, 9.17) is 4.98 Å². The van der Waals surface area contributed by atoms with Gasteiger partial charge in [0.25, 0.3) is 5.91 Å². The van der Waals surface area contributed by atoms with Crippen LogP contribution < -0.4 is 10.2 Å². The second-order valence-corrected chi connectivity index (χ2v) is 9.07. The van der Waals surface area contributed by atoms with Crippen LogP contribution in [0.25, 0.3) is 16.0 Å². The van der Waals surface area contributed by atoms with Gasteiger partial charge in [0.1, 0.15) is 16.2 Å². The first-order chi connectivity index (χ1) is 13.8. The van der Waals surface area contributed by atoms with Gasteiger partial charge in [0, 0.05) is 36.4 Å². The molecule has 1 N–H and O–H groups in total. The third-order valence-electron chi connectivity index (χ3n) is 4.43. The van der Waals surface area contributed by atoms with Gasteiger partial charge < -0.3 is 10.2 Å². The van der Waals surface area contributed by atoms with E-state index >= 15 is 0 Å². The Kier molecular flexibility index (Phi) is 5.18. The Morgan fingerprint density at radius 1 is 1.21 bits per heavy atom. The Morgan fingerprint density at radius 3 is 2.59 bits per heavy atom. The van der Waals surface area contributed by atoms with Crippen molar-refractivity contribution in [2.24, 2.45) is 0 Å². The molecular formula is C20H21BrN6OS. The first-order valence-corrected chi connectivity index (χ1v) is 10.8. The van der Waals surface area contributed by atoms with Gasteiger partial charge in [0.05, 0.1) is 11.1 Å². The summed E-state index contributed by atoms with van der Waals surface area (Å²) in [5, 5.41) is 7.23. The number of carbonyl (C=O) groups excluding carboxylic acids is 1. The number of halogens is 1. The molecule has 0 aliphatic rings. The number of thiophene rings is 1. The van der Waals surface area contributed by atoms with Crippen LogP contribution in [0.2, 0.25) is 0 Å². The number of imidazole rings is 1. The van der Waals surface area contributed by atoms with Crippen molar-refractivity contribution in [1.29, 1.82) is 0 Å². The summed E-state index contributed by atoms with van der Waals surface area (Å²) < 4.78 is 4.87. The lowest BCUT2D eigenvalue weighted by molar-refractivity contribution is 0.102. The van der Waals surface area contributed by atoms with Gasteiger partial charge in [0.15, 0.2) is 0 Å². The molecule has 3 heterocycles. The molecule has 1 amide bonds. The van der Waals surface area contributed by atoms with Gasteiger partial charge in [-0.2, -0.15) is 5.10 Å². The van der Waals surface area contributed by atoms with Crippen LogP contribution in [0.1, 0.15) is 29.6 Å². The Labute approximate surface area is 181 Å². The lowest BCUT2D eigenvalue weighted by Gasteiger charge is -2.15. The average Bonchev–Trinajstić information content (AvgIpc) is 3.36. The largest absolute Gasteiger partial charge is 0.348 e. The number of fused-ring (bicyclic) bond motifs is 1. The number of benzene rings is 1. The highest BCUT2D eigenvalue weighted by Crippen LogP contribution is 2.33. The molecule has 29 heavy (non-hydrogen) atoms. The molecule has 0 atom stereocenters. The zero-order valence-electron chi connectivity index (χ0n) is 16.5. The number of amides is 1. The Morgan fingerprint density at radius 2 is 1.93 bits per heavy atom. The number of hydrogen-bond donors (Lipinski definition) is 1. The number of nitrogens with zero attached hydrogens (tertiary/aromatic N) is 5. The zero-order chi connectivity index (χ0) is 20.7. The van der Waals surface area contributed by atoms with Crippen LogP contribution in [0.5, 0.6) is 0 Å². The summed E-state index contributed by atoms with van der Waals surface area (Å²) in [6.45, 7) is 4.05. The molecule has 3 aromatic heterocycles. The molecule has 150 valence electrons. The summed E-state index contributed by atoms with van der Waals surface area (Å²) in [5.74, 6) is 1.34. The van der Waals surface area contributed by atoms with Crippen molar-refractivity contribution in [3.8, 4) is 5.69 Å². The molecule has 4 aromatic rings. The molecule has 0 aliphatic heterocycles. The smallest absolute Gasteiger partial charge is 0.267 e. The Bertz CT molecular complexity index is 1170. The van der Waals surface area contributed by atoms with Crippen molar-refractivity contribution in [2.45, 2.75) is 19.9 Å². The van der Waals surface area contributed by atoms with Crippen LogP contribution in [-0.2, 0) is 0 Å². The van der Waals surface area contributed by atoms with Crippen molar-refractivity contribution in [3.63, 3.8) is 0 Å². The number of hydrogen-bond acceptors (Lipinski definition) is 5. The molecule has 0 spiro atoms. The van der Waals surface area contributed by atoms with Gasteiger partial charge in [-0.25, -0.2) is 9.67 Å². The van der Waals surface area contributed by atoms with E-state index in [0.717, 1.165) is 26.5 Å². The summed E-state index contributed by atoms with van der Waals surface area (Å²) in [6, 6.07) is 11.8. The number of rotatable bonds is 5. The van der Waals surface area contributed by atoms with Gasteiger partial charge in [-0.1, -0.05) is 15.9 Å². The highest BCUT2D eigenvalue weighted by atomic mass is 79.9. The maximum atomic E-state index is 12.9. The van der Waals surface area contributed by atoms with Crippen LogP contribution >= 0.6 is 27.3 Å². The maximum Gasteiger partial charge on any atom is 0.267 e. The molecule has 0 radical (unpaired) electrons. The number of anilines is 2. The number of aromatic nitrogens is 4. The van der Waals surface area contributed by atoms with Gasteiger partial charge >= 0.3 is 0 Å². The highest BCUT2D eigenvalue weighted by molar-refractivity contribution is 9.10. The summed E-state index contributed by atoms with van der Waals surface area (Å²) in [7, 11) is 3.92. The van der Waals surface area contributed by atoms with Crippen LogP contribution in [0.3, 0.4) is 0 Å². The van der Waals surface area contributed by atoms with E-state index in [9.17, 15) is 4.79 Å². The Hall–Kier alpha value is -2.65. The van der Waals surface area contributed by atoms with Crippen molar-refractivity contribution in [1.82, 2.24) is 19.3 Å². The third kappa shape index (κ3) is 3.67. The van der Waals surface area contributed by atoms with Crippen molar-refractivity contribution in [3.05, 3.63) is 51.9 Å². The van der Waals surface area contributed by atoms with Gasteiger partial charge in [-0.05, 0) is 44.2 Å². The summed E-state index contributed by atoms with van der Waals surface area (Å²) in [5.41, 5.74) is 1.79. The molecular weight excluding hydrogens is 452 g/mol. The third-order valence-corrected chi connectivity index (χ3v) is 6.06. The fraction of sp³-hybridized carbons (Fsp3) is 0.250. The van der Waals surface area contributed by atoms with Crippen LogP contribution in [0.4, 0.5) is 11.8 Å². The predicted molar refractivity (Wildman–Crippen MR) is 122 cm³/mol. The standard InChI is InChI=1S/C20H21BrN6OS/c1-12(2)27-17(9-10-22-27)24-18(28)16-11-15-19(29-16)26(20(23-15)25(3)4)14-7-5-13(21)6-8-14/h5-12H,1-4H3,(H,24,28). The summed E-state index contributed by atoms with van der Waals surface area (Å²) in [4.78, 5) is 21.1. The van der Waals surface area contributed by atoms with E-state index in [-0.39, 0.29) is 11.9 Å². The predicted octanol–water partition coefficient (Wildman–Crippen LogP) is 4.95. The van der Waals surface area contributed by atoms with Crippen molar-refractivity contribution in [2.75, 3.05) is 24.3 Å². The average molecular weight is 473 g/mol. The lowest BCUT2D eigenvalue weighted by Crippen LogP contribution is -2.16. The van der Waals surface area contributed by atoms with E-state index in [1.165, 1.54) is 11.3 Å². The molecule has 0 unspecified atom stereocenters. The number of nitrogens with one attached hydrogen (secondary N) is 1. The van der Waals surface area contributed by atoms with E-state index in [0.29, 0.717) is 10.7 Å². The first kappa shape index (κ1) is 19.7. The van der Waals surface area contributed by atoms with Crippen molar-refractivity contribution < 1.29 is 4.79 Å². The minimum atomic E-state index is -0.163. The minimum absolute atomic E-state index is 0.161. The topological polar surface area (TPSA) is 68.0 Å². The van der Waals surface area contributed by atoms with Gasteiger partial charge in [-0.3, -0.25) is 9.36 Å². The molecule has 0 saturated carbocycles. The van der Waals surface area contributed by atoms with E-state index in [1.807, 2.05) is 63.2 Å². The maximum absolute atomic E-state index is 12.9. The second-order valence-electron chi connectivity index (χ2n) is 7.13. The lowest BCUT2D eigenvalue weighted by atomic mass is 10.3. The molecule has 7 nitrogen and oxygen atoms in total. The van der Waals surface area contributed by atoms with Crippen LogP contribution in [0, 0.1) is 0 Å². The van der Waals surface area contributed by atoms with E-state index in [2.05, 4.69) is 30.9 Å². The molecule has 9 heteroatoms. The molecule has 1 aromatic carbocycles. The first-order valence-electron chi connectivity index (χ1n) is 9.15. The van der Waals surface area contributed by atoms with Crippen LogP contribution in [-0.4, -0.2) is 39.3 Å². The second kappa shape index (κ2) is 7.64. The molecule has 0 aliphatic carbocycles. The minimum Gasteiger partial charge on any atom is -0.348 e. The van der Waals surface area contributed by atoms with Gasteiger partial charge in [-0.15, -0.1) is 11.3 Å². The summed E-state index contributed by atoms with van der Waals surface area (Å²) in [6.07, 6.45) is 1.69. The fourth-order valence-corrected chi connectivity index (χ4v) is 4.37. The zero-order valence-corrected chi connectivity index (χ0v) is 19.0. The quantitative estimate of drug-likeness (QED) is 0.446. The number of carbonyl (C=O) groups is 1. The summed E-state index contributed by atoms with van der Waals surface area (Å²) >= 11 is 4.91. The van der Waals surface area contributed by atoms with Crippen molar-refractivity contribution >= 4 is 55.3 Å². The highest BCUT2D eigenvalue weighted by Gasteiger charge is 2.20. The van der Waals surface area contributed by atoms with Crippen LogP contribution in [0.15, 0.2) is 47.1 Å². The normalized spacial score (nSPS) is 11.4. The molecule has 0 saturated heterocycles. The van der Waals surface area contributed by atoms with E-state index < -0.39 is 0 Å². The molecule has 0 fully saturated rings. The monoisotopic (exact) mass is 472 g/mol. The van der Waals surface area contributed by atoms with E-state index in [1.54, 1.807) is 16.9 Å². The SMILES string of the molecule is CC(C)n1nccc1NC(=O)c1cc2nc(N(C)C)n(-c3ccc(Br)cc3)c2s1. The van der Waals surface area contributed by atoms with Gasteiger partial charge in [0.2, 0.25) is 5.95 Å². The Balaban J connectivity index is 1.73. The molecule has 4 rings (SSSR count). The fourth-order valence-electron chi connectivity index (χ4n) is 3.10. The molecule has 0 bridgehead atoms.